The standard InChI is InChI=1S/C17H17N3O4S/c1-10-14(16(21)23-3)8-13(24-10)9-25-17-18-15(19-20-17)11-4-6-12(22-2)7-5-11/h4-8H,9H2,1-3H3,(H,18,19,20). The molecule has 3 aromatic rings. The molecule has 8 heteroatoms. The Balaban J connectivity index is 1.66. The fourth-order valence-corrected chi connectivity index (χ4v) is 2.93. The third kappa shape index (κ3) is 3.85. The first-order valence-corrected chi connectivity index (χ1v) is 8.46. The van der Waals surface area contributed by atoms with Crippen molar-refractivity contribution in [3.8, 4) is 17.1 Å². The van der Waals surface area contributed by atoms with Gasteiger partial charge in [0.05, 0.1) is 20.0 Å². The summed E-state index contributed by atoms with van der Waals surface area (Å²) in [5.74, 6) is 2.77. The van der Waals surface area contributed by atoms with Crippen molar-refractivity contribution in [3.63, 3.8) is 0 Å². The van der Waals surface area contributed by atoms with E-state index in [9.17, 15) is 4.79 Å². The van der Waals surface area contributed by atoms with E-state index < -0.39 is 5.97 Å². The summed E-state index contributed by atoms with van der Waals surface area (Å²) in [5.41, 5.74) is 1.36. The van der Waals surface area contributed by atoms with E-state index in [4.69, 9.17) is 13.9 Å². The Morgan fingerprint density at radius 1 is 1.28 bits per heavy atom. The average Bonchev–Trinajstić information content (AvgIpc) is 3.26. The van der Waals surface area contributed by atoms with E-state index in [1.54, 1.807) is 20.1 Å². The Labute approximate surface area is 148 Å². The molecular formula is C17H17N3O4S. The number of rotatable bonds is 6. The SMILES string of the molecule is COC(=O)c1cc(CSc2n[nH]c(-c3ccc(OC)cc3)n2)oc1C. The summed E-state index contributed by atoms with van der Waals surface area (Å²) in [6.07, 6.45) is 0. The predicted molar refractivity (Wildman–Crippen MR) is 92.7 cm³/mol. The molecule has 130 valence electrons. The lowest BCUT2D eigenvalue weighted by Crippen LogP contribution is -2.00. The lowest BCUT2D eigenvalue weighted by molar-refractivity contribution is 0.0599. The predicted octanol–water partition coefficient (Wildman–Crippen LogP) is 3.46. The second-order valence-electron chi connectivity index (χ2n) is 5.16. The molecular weight excluding hydrogens is 342 g/mol. The van der Waals surface area contributed by atoms with Crippen LogP contribution in [0.2, 0.25) is 0 Å². The third-order valence-electron chi connectivity index (χ3n) is 3.55. The lowest BCUT2D eigenvalue weighted by atomic mass is 10.2. The molecule has 1 N–H and O–H groups in total. The van der Waals surface area contributed by atoms with Crippen LogP contribution in [0, 0.1) is 6.92 Å². The summed E-state index contributed by atoms with van der Waals surface area (Å²) < 4.78 is 15.4. The Bertz CT molecular complexity index is 870. The summed E-state index contributed by atoms with van der Waals surface area (Å²) >= 11 is 1.41. The van der Waals surface area contributed by atoms with Crippen molar-refractivity contribution < 1.29 is 18.7 Å². The number of furan rings is 1. The summed E-state index contributed by atoms with van der Waals surface area (Å²) in [6.45, 7) is 1.73. The Kier molecular flexibility index (Phi) is 5.08. The number of H-pyrrole nitrogens is 1. The highest BCUT2D eigenvalue weighted by molar-refractivity contribution is 7.98. The van der Waals surface area contributed by atoms with Crippen LogP contribution in [0.1, 0.15) is 21.9 Å². The average molecular weight is 359 g/mol. The van der Waals surface area contributed by atoms with Crippen LogP contribution >= 0.6 is 11.8 Å². The molecule has 0 amide bonds. The zero-order valence-corrected chi connectivity index (χ0v) is 14.8. The molecule has 0 atom stereocenters. The van der Waals surface area contributed by atoms with Crippen LogP contribution in [0.5, 0.6) is 5.75 Å². The number of hydrogen-bond donors (Lipinski definition) is 1. The topological polar surface area (TPSA) is 90.2 Å². The third-order valence-corrected chi connectivity index (χ3v) is 4.42. The van der Waals surface area contributed by atoms with Gasteiger partial charge in [-0.3, -0.25) is 5.10 Å². The summed E-state index contributed by atoms with van der Waals surface area (Å²) in [7, 11) is 2.97. The summed E-state index contributed by atoms with van der Waals surface area (Å²) in [6, 6.07) is 9.24. The van der Waals surface area contributed by atoms with Crippen molar-refractivity contribution in [1.82, 2.24) is 15.2 Å². The van der Waals surface area contributed by atoms with Gasteiger partial charge >= 0.3 is 5.97 Å². The van der Waals surface area contributed by atoms with Gasteiger partial charge in [-0.1, -0.05) is 11.8 Å². The normalized spacial score (nSPS) is 10.7. The first-order chi connectivity index (χ1) is 12.1. The highest BCUT2D eigenvalue weighted by Crippen LogP contribution is 2.25. The molecule has 0 radical (unpaired) electrons. The van der Waals surface area contributed by atoms with Crippen molar-refractivity contribution in [3.05, 3.63) is 47.4 Å². The van der Waals surface area contributed by atoms with E-state index in [1.807, 2.05) is 24.3 Å². The molecule has 7 nitrogen and oxygen atoms in total. The highest BCUT2D eigenvalue weighted by Gasteiger charge is 2.16. The summed E-state index contributed by atoms with van der Waals surface area (Å²) in [5, 5.41) is 7.70. The Hall–Kier alpha value is -2.74. The van der Waals surface area contributed by atoms with Crippen molar-refractivity contribution in [2.24, 2.45) is 0 Å². The molecule has 0 saturated carbocycles. The van der Waals surface area contributed by atoms with Crippen LogP contribution in [0.15, 0.2) is 39.9 Å². The molecule has 1 aromatic carbocycles. The number of carbonyl (C=O) groups excluding carboxylic acids is 1. The maximum atomic E-state index is 11.6. The molecule has 3 rings (SSSR count). The molecule has 2 aromatic heterocycles. The van der Waals surface area contributed by atoms with Gasteiger partial charge in [-0.2, -0.15) is 0 Å². The number of aryl methyl sites for hydroxylation is 1. The highest BCUT2D eigenvalue weighted by atomic mass is 32.2. The number of aromatic nitrogens is 3. The van der Waals surface area contributed by atoms with E-state index >= 15 is 0 Å². The fourth-order valence-electron chi connectivity index (χ4n) is 2.25. The van der Waals surface area contributed by atoms with Gasteiger partial charge in [-0.25, -0.2) is 9.78 Å². The molecule has 0 fully saturated rings. The minimum absolute atomic E-state index is 0.405. The minimum Gasteiger partial charge on any atom is -0.497 e. The van der Waals surface area contributed by atoms with Gasteiger partial charge in [0.25, 0.3) is 0 Å². The van der Waals surface area contributed by atoms with Gasteiger partial charge < -0.3 is 13.9 Å². The maximum absolute atomic E-state index is 11.6. The van der Waals surface area contributed by atoms with E-state index in [-0.39, 0.29) is 0 Å². The van der Waals surface area contributed by atoms with Gasteiger partial charge in [0, 0.05) is 5.56 Å². The first kappa shape index (κ1) is 17.1. The van der Waals surface area contributed by atoms with Crippen LogP contribution in [0.25, 0.3) is 11.4 Å². The van der Waals surface area contributed by atoms with Crippen molar-refractivity contribution in [1.29, 1.82) is 0 Å². The van der Waals surface area contributed by atoms with Gasteiger partial charge in [0.2, 0.25) is 5.16 Å². The smallest absolute Gasteiger partial charge is 0.341 e. The molecule has 0 unspecified atom stereocenters. The van der Waals surface area contributed by atoms with E-state index in [0.29, 0.717) is 33.8 Å². The first-order valence-electron chi connectivity index (χ1n) is 7.48. The van der Waals surface area contributed by atoms with Crippen LogP contribution in [0.4, 0.5) is 0 Å². The van der Waals surface area contributed by atoms with Crippen LogP contribution in [-0.4, -0.2) is 35.4 Å². The molecule has 25 heavy (non-hydrogen) atoms. The number of esters is 1. The fraction of sp³-hybridized carbons (Fsp3) is 0.235. The van der Waals surface area contributed by atoms with Crippen LogP contribution in [-0.2, 0) is 10.5 Å². The van der Waals surface area contributed by atoms with Crippen LogP contribution in [0.3, 0.4) is 0 Å². The molecule has 0 spiro atoms. The number of thioether (sulfide) groups is 1. The number of aromatic amines is 1. The number of nitrogens with one attached hydrogen (secondary N) is 1. The molecule has 0 aliphatic rings. The number of benzene rings is 1. The number of methoxy groups -OCH3 is 2. The summed E-state index contributed by atoms with van der Waals surface area (Å²) in [4.78, 5) is 16.1. The van der Waals surface area contributed by atoms with Crippen molar-refractivity contribution >= 4 is 17.7 Å². The number of hydrogen-bond acceptors (Lipinski definition) is 7. The number of ether oxygens (including phenoxy) is 2. The molecule has 0 aliphatic heterocycles. The number of carbonyl (C=O) groups is 1. The molecule has 0 aliphatic carbocycles. The Morgan fingerprint density at radius 3 is 2.72 bits per heavy atom. The van der Waals surface area contributed by atoms with Gasteiger partial charge in [0.1, 0.15) is 22.8 Å². The van der Waals surface area contributed by atoms with E-state index in [1.165, 1.54) is 18.9 Å². The molecule has 0 bridgehead atoms. The zero-order valence-electron chi connectivity index (χ0n) is 14.0. The van der Waals surface area contributed by atoms with E-state index in [0.717, 1.165) is 11.3 Å². The largest absolute Gasteiger partial charge is 0.497 e. The van der Waals surface area contributed by atoms with Crippen molar-refractivity contribution in [2.45, 2.75) is 17.8 Å². The molecule has 2 heterocycles. The van der Waals surface area contributed by atoms with Crippen LogP contribution < -0.4 is 4.74 Å². The Morgan fingerprint density at radius 2 is 2.04 bits per heavy atom. The minimum atomic E-state index is -0.405. The van der Waals surface area contributed by atoms with Crippen molar-refractivity contribution in [2.75, 3.05) is 14.2 Å². The second-order valence-corrected chi connectivity index (χ2v) is 6.10. The maximum Gasteiger partial charge on any atom is 0.341 e. The second kappa shape index (κ2) is 7.43. The zero-order chi connectivity index (χ0) is 17.8. The van der Waals surface area contributed by atoms with Gasteiger partial charge in [0.15, 0.2) is 5.82 Å². The van der Waals surface area contributed by atoms with Gasteiger partial charge in [-0.05, 0) is 37.3 Å². The lowest BCUT2D eigenvalue weighted by Gasteiger charge is -1.99. The van der Waals surface area contributed by atoms with E-state index in [2.05, 4.69) is 15.2 Å². The quantitative estimate of drug-likeness (QED) is 0.532. The van der Waals surface area contributed by atoms with Gasteiger partial charge in [-0.15, -0.1) is 5.10 Å². The monoisotopic (exact) mass is 359 g/mol. The number of nitrogens with zero attached hydrogens (tertiary/aromatic N) is 2. The molecule has 0 saturated heterocycles.